The smallest absolute Gasteiger partial charge is 0.413 e. The standard InChI is InChI=1S/C25H23N3O5S/c1-14-10-11-28(21(14)23(30)31)22(29)20-12-26-24(34-20)27-25(32)33-13-19-17-8-4-2-6-15(17)16-7-3-5-9-18(16)19/h2-9,12,14,19,21H,10-11,13H2,1H3,(H,30,31)(H,26,27,32). The summed E-state index contributed by atoms with van der Waals surface area (Å²) in [6, 6.07) is 15.3. The number of aromatic nitrogens is 1. The van der Waals surface area contributed by atoms with Crippen molar-refractivity contribution in [3.63, 3.8) is 0 Å². The van der Waals surface area contributed by atoms with Crippen molar-refractivity contribution in [2.24, 2.45) is 5.92 Å². The van der Waals surface area contributed by atoms with Gasteiger partial charge in [0.15, 0.2) is 5.13 Å². The summed E-state index contributed by atoms with van der Waals surface area (Å²) in [4.78, 5) is 42.6. The lowest BCUT2D eigenvalue weighted by molar-refractivity contribution is -0.142. The molecule has 0 spiro atoms. The van der Waals surface area contributed by atoms with Gasteiger partial charge in [0.25, 0.3) is 5.91 Å². The van der Waals surface area contributed by atoms with E-state index >= 15 is 0 Å². The number of hydrogen-bond acceptors (Lipinski definition) is 6. The van der Waals surface area contributed by atoms with E-state index in [0.29, 0.717) is 13.0 Å². The van der Waals surface area contributed by atoms with E-state index in [1.807, 2.05) is 43.3 Å². The SMILES string of the molecule is CC1CCN(C(=O)c2cnc(NC(=O)OCC3c4ccccc4-c4ccccc43)s2)C1C(=O)O. The topological polar surface area (TPSA) is 109 Å². The zero-order chi connectivity index (χ0) is 23.8. The monoisotopic (exact) mass is 477 g/mol. The molecule has 2 aromatic carbocycles. The summed E-state index contributed by atoms with van der Waals surface area (Å²) >= 11 is 0.999. The molecule has 2 N–H and O–H groups in total. The molecule has 2 amide bonds. The normalized spacial score (nSPS) is 18.9. The molecule has 0 saturated carbocycles. The summed E-state index contributed by atoms with van der Waals surface area (Å²) in [7, 11) is 0. The number of carboxylic acids is 1. The zero-order valence-electron chi connectivity index (χ0n) is 18.4. The Hall–Kier alpha value is -3.72. The maximum Gasteiger partial charge on any atom is 0.413 e. The van der Waals surface area contributed by atoms with E-state index in [-0.39, 0.29) is 28.5 Å². The number of nitrogens with zero attached hydrogens (tertiary/aromatic N) is 2. The van der Waals surface area contributed by atoms with Crippen LogP contribution in [0.15, 0.2) is 54.7 Å². The summed E-state index contributed by atoms with van der Waals surface area (Å²) in [5.74, 6) is -1.58. The molecule has 1 saturated heterocycles. The molecule has 2 aliphatic rings. The number of nitrogens with one attached hydrogen (secondary N) is 1. The molecule has 1 fully saturated rings. The Kier molecular flexibility index (Phi) is 5.79. The number of anilines is 1. The number of carboxylic acid groups (broad SMARTS) is 1. The van der Waals surface area contributed by atoms with Gasteiger partial charge in [-0.25, -0.2) is 14.6 Å². The van der Waals surface area contributed by atoms with Gasteiger partial charge in [0, 0.05) is 12.5 Å². The maximum absolute atomic E-state index is 12.8. The van der Waals surface area contributed by atoms with Crippen LogP contribution < -0.4 is 5.32 Å². The first kappa shape index (κ1) is 22.1. The van der Waals surface area contributed by atoms with Gasteiger partial charge < -0.3 is 14.7 Å². The van der Waals surface area contributed by atoms with Gasteiger partial charge in [0.2, 0.25) is 0 Å². The van der Waals surface area contributed by atoms with Crippen molar-refractivity contribution >= 4 is 34.4 Å². The van der Waals surface area contributed by atoms with Crippen molar-refractivity contribution in [2.75, 3.05) is 18.5 Å². The van der Waals surface area contributed by atoms with Crippen molar-refractivity contribution in [3.05, 3.63) is 70.7 Å². The van der Waals surface area contributed by atoms with Crippen LogP contribution in [0.4, 0.5) is 9.93 Å². The van der Waals surface area contributed by atoms with Gasteiger partial charge in [0.05, 0.1) is 6.20 Å². The minimum absolute atomic E-state index is 0.0586. The summed E-state index contributed by atoms with van der Waals surface area (Å²) in [5.41, 5.74) is 4.52. The van der Waals surface area contributed by atoms with Crippen LogP contribution in [0, 0.1) is 5.92 Å². The third-order valence-electron chi connectivity index (χ3n) is 6.48. The number of fused-ring (bicyclic) bond motifs is 3. The highest BCUT2D eigenvalue weighted by Crippen LogP contribution is 2.44. The summed E-state index contributed by atoms with van der Waals surface area (Å²) in [6.45, 7) is 2.37. The fraction of sp³-hybridized carbons (Fsp3) is 0.280. The first-order valence-corrected chi connectivity index (χ1v) is 11.9. The molecule has 0 radical (unpaired) electrons. The van der Waals surface area contributed by atoms with Crippen LogP contribution in [0.3, 0.4) is 0 Å². The summed E-state index contributed by atoms with van der Waals surface area (Å²) in [6.07, 6.45) is 1.33. The molecule has 174 valence electrons. The highest BCUT2D eigenvalue weighted by atomic mass is 32.1. The molecular formula is C25H23N3O5S. The summed E-state index contributed by atoms with van der Waals surface area (Å²) < 4.78 is 5.52. The molecule has 2 unspecified atom stereocenters. The minimum atomic E-state index is -1.01. The molecule has 3 aromatic rings. The molecule has 2 atom stereocenters. The lowest BCUT2D eigenvalue weighted by atomic mass is 9.98. The third-order valence-corrected chi connectivity index (χ3v) is 7.38. The second kappa shape index (κ2) is 8.90. The fourth-order valence-corrected chi connectivity index (χ4v) is 5.60. The van der Waals surface area contributed by atoms with Gasteiger partial charge in [-0.1, -0.05) is 66.8 Å². The number of ether oxygens (including phenoxy) is 1. The number of hydrogen-bond donors (Lipinski definition) is 2. The highest BCUT2D eigenvalue weighted by molar-refractivity contribution is 7.17. The van der Waals surface area contributed by atoms with Gasteiger partial charge in [-0.3, -0.25) is 10.1 Å². The van der Waals surface area contributed by atoms with E-state index in [1.54, 1.807) is 0 Å². The Morgan fingerprint density at radius 2 is 1.76 bits per heavy atom. The second-order valence-electron chi connectivity index (χ2n) is 8.53. The number of rotatable bonds is 5. The largest absolute Gasteiger partial charge is 0.480 e. The number of carbonyl (C=O) groups is 3. The predicted octanol–water partition coefficient (Wildman–Crippen LogP) is 4.44. The molecule has 1 aliphatic heterocycles. The van der Waals surface area contributed by atoms with E-state index in [9.17, 15) is 19.5 Å². The Morgan fingerprint density at radius 1 is 1.12 bits per heavy atom. The average Bonchev–Trinajstić information content (AvgIpc) is 3.53. The number of aliphatic carboxylic acids is 1. The fourth-order valence-electron chi connectivity index (χ4n) is 4.85. The van der Waals surface area contributed by atoms with Crippen LogP contribution in [0.25, 0.3) is 11.1 Å². The van der Waals surface area contributed by atoms with Crippen LogP contribution >= 0.6 is 11.3 Å². The van der Waals surface area contributed by atoms with Crippen LogP contribution in [-0.2, 0) is 9.53 Å². The highest BCUT2D eigenvalue weighted by Gasteiger charge is 2.40. The van der Waals surface area contributed by atoms with Crippen LogP contribution in [-0.4, -0.2) is 52.2 Å². The van der Waals surface area contributed by atoms with E-state index in [4.69, 9.17) is 4.74 Å². The molecule has 34 heavy (non-hydrogen) atoms. The van der Waals surface area contributed by atoms with Gasteiger partial charge in [-0.15, -0.1) is 0 Å². The predicted molar refractivity (Wildman–Crippen MR) is 127 cm³/mol. The molecule has 9 heteroatoms. The van der Waals surface area contributed by atoms with E-state index in [1.165, 1.54) is 11.1 Å². The molecule has 1 aliphatic carbocycles. The second-order valence-corrected chi connectivity index (χ2v) is 9.56. The minimum Gasteiger partial charge on any atom is -0.480 e. The third kappa shape index (κ3) is 3.92. The number of thiazole rings is 1. The van der Waals surface area contributed by atoms with Crippen LogP contribution in [0.2, 0.25) is 0 Å². The lowest BCUT2D eigenvalue weighted by Gasteiger charge is -2.22. The first-order chi connectivity index (χ1) is 16.4. The Morgan fingerprint density at radius 3 is 2.41 bits per heavy atom. The summed E-state index contributed by atoms with van der Waals surface area (Å²) in [5, 5.41) is 12.3. The Bertz CT molecular complexity index is 1230. The van der Waals surface area contributed by atoms with Gasteiger partial charge in [0.1, 0.15) is 17.5 Å². The number of benzene rings is 2. The van der Waals surface area contributed by atoms with Crippen molar-refractivity contribution in [2.45, 2.75) is 25.3 Å². The molecule has 0 bridgehead atoms. The lowest BCUT2D eigenvalue weighted by Crippen LogP contribution is -2.42. The average molecular weight is 478 g/mol. The van der Waals surface area contributed by atoms with E-state index in [2.05, 4.69) is 22.4 Å². The van der Waals surface area contributed by atoms with Crippen molar-refractivity contribution in [1.82, 2.24) is 9.88 Å². The molecule has 1 aromatic heterocycles. The van der Waals surface area contributed by atoms with Crippen LogP contribution in [0.5, 0.6) is 0 Å². The molecule has 5 rings (SSSR count). The first-order valence-electron chi connectivity index (χ1n) is 11.1. The maximum atomic E-state index is 12.8. The Balaban J connectivity index is 1.23. The molecule has 2 heterocycles. The van der Waals surface area contributed by atoms with Crippen molar-refractivity contribution < 1.29 is 24.2 Å². The van der Waals surface area contributed by atoms with E-state index in [0.717, 1.165) is 33.6 Å². The van der Waals surface area contributed by atoms with Gasteiger partial charge >= 0.3 is 12.1 Å². The number of carbonyl (C=O) groups excluding carboxylic acids is 2. The van der Waals surface area contributed by atoms with Crippen molar-refractivity contribution in [1.29, 1.82) is 0 Å². The number of amides is 2. The zero-order valence-corrected chi connectivity index (χ0v) is 19.2. The van der Waals surface area contributed by atoms with Crippen LogP contribution in [0.1, 0.15) is 40.1 Å². The van der Waals surface area contributed by atoms with Gasteiger partial charge in [-0.05, 0) is 34.6 Å². The van der Waals surface area contributed by atoms with E-state index < -0.39 is 24.0 Å². The molecular weight excluding hydrogens is 454 g/mol. The number of likely N-dealkylation sites (tertiary alicyclic amines) is 1. The quantitative estimate of drug-likeness (QED) is 0.562. The Labute approximate surface area is 200 Å². The van der Waals surface area contributed by atoms with Crippen molar-refractivity contribution in [3.8, 4) is 11.1 Å². The van der Waals surface area contributed by atoms with Gasteiger partial charge in [-0.2, -0.15) is 0 Å². The molecule has 8 nitrogen and oxygen atoms in total.